The Morgan fingerprint density at radius 2 is 1.83 bits per heavy atom. The summed E-state index contributed by atoms with van der Waals surface area (Å²) in [6.07, 6.45) is 1.61. The van der Waals surface area contributed by atoms with E-state index in [1.165, 1.54) is 7.11 Å². The highest BCUT2D eigenvalue weighted by Crippen LogP contribution is 2.22. The molecular formula is C20H30IN5O3. The number of carbonyl (C=O) groups excluding carboxylic acids is 1. The van der Waals surface area contributed by atoms with Gasteiger partial charge in [-0.3, -0.25) is 10.3 Å². The van der Waals surface area contributed by atoms with Crippen LogP contribution < -0.4 is 16.0 Å². The molecule has 29 heavy (non-hydrogen) atoms. The molecule has 0 bridgehead atoms. The highest BCUT2D eigenvalue weighted by Gasteiger charge is 2.13. The fraction of sp³-hybridized carbons (Fsp3) is 0.450. The van der Waals surface area contributed by atoms with E-state index in [4.69, 9.17) is 4.52 Å². The lowest BCUT2D eigenvalue weighted by atomic mass is 9.99. The summed E-state index contributed by atoms with van der Waals surface area (Å²) in [7, 11) is 3.05. The number of nitrogens with one attached hydrogen (secondary N) is 3. The maximum absolute atomic E-state index is 11.2. The van der Waals surface area contributed by atoms with Crippen LogP contribution in [0, 0.1) is 0 Å². The van der Waals surface area contributed by atoms with Crippen molar-refractivity contribution < 1.29 is 14.1 Å². The van der Waals surface area contributed by atoms with Crippen molar-refractivity contribution in [3.8, 4) is 0 Å². The number of anilines is 1. The van der Waals surface area contributed by atoms with Gasteiger partial charge in [-0.1, -0.05) is 31.1 Å². The van der Waals surface area contributed by atoms with Crippen LogP contribution >= 0.6 is 24.0 Å². The van der Waals surface area contributed by atoms with E-state index in [9.17, 15) is 4.79 Å². The summed E-state index contributed by atoms with van der Waals surface area (Å²) in [6.45, 7) is 5.41. The summed E-state index contributed by atoms with van der Waals surface area (Å²) >= 11 is 0. The van der Waals surface area contributed by atoms with Crippen LogP contribution in [0.15, 0.2) is 39.8 Å². The first-order valence-electron chi connectivity index (χ1n) is 9.43. The summed E-state index contributed by atoms with van der Waals surface area (Å²) in [5.74, 6) is 1.88. The summed E-state index contributed by atoms with van der Waals surface area (Å²) in [5.41, 5.74) is 2.73. The summed E-state index contributed by atoms with van der Waals surface area (Å²) in [5, 5.41) is 13.3. The third-order valence-electron chi connectivity index (χ3n) is 4.48. The van der Waals surface area contributed by atoms with Crippen LogP contribution in [0.3, 0.4) is 0 Å². The van der Waals surface area contributed by atoms with Crippen molar-refractivity contribution in [1.29, 1.82) is 0 Å². The first kappa shape index (κ1) is 24.7. The molecule has 1 amide bonds. The number of aliphatic imine (C=N–C) groups is 1. The second-order valence-electron chi connectivity index (χ2n) is 6.32. The second kappa shape index (κ2) is 13.0. The van der Waals surface area contributed by atoms with Crippen molar-refractivity contribution >= 4 is 41.7 Å². The van der Waals surface area contributed by atoms with Crippen LogP contribution in [-0.4, -0.2) is 31.4 Å². The molecule has 1 heterocycles. The summed E-state index contributed by atoms with van der Waals surface area (Å²) < 4.78 is 9.99. The molecule has 0 atom stereocenters. The smallest absolute Gasteiger partial charge is 0.411 e. The number of rotatable bonds is 8. The van der Waals surface area contributed by atoms with E-state index in [2.05, 4.69) is 44.7 Å². The molecule has 0 saturated heterocycles. The van der Waals surface area contributed by atoms with Gasteiger partial charge >= 0.3 is 6.09 Å². The van der Waals surface area contributed by atoms with E-state index < -0.39 is 6.09 Å². The van der Waals surface area contributed by atoms with Crippen LogP contribution in [-0.2, 0) is 17.8 Å². The zero-order valence-corrected chi connectivity index (χ0v) is 19.7. The van der Waals surface area contributed by atoms with Gasteiger partial charge in [0, 0.05) is 31.3 Å². The van der Waals surface area contributed by atoms with Crippen molar-refractivity contribution in [1.82, 2.24) is 15.8 Å². The normalized spacial score (nSPS) is 11.0. The lowest BCUT2D eigenvalue weighted by Crippen LogP contribution is -2.36. The molecule has 8 nitrogen and oxygen atoms in total. The van der Waals surface area contributed by atoms with Crippen LogP contribution in [0.25, 0.3) is 0 Å². The van der Waals surface area contributed by atoms with Gasteiger partial charge in [0.25, 0.3) is 0 Å². The third kappa shape index (κ3) is 7.92. The first-order valence-corrected chi connectivity index (χ1v) is 9.43. The van der Waals surface area contributed by atoms with E-state index in [1.54, 1.807) is 7.05 Å². The molecule has 0 aliphatic heterocycles. The molecule has 0 aliphatic carbocycles. The Labute approximate surface area is 188 Å². The molecule has 2 aromatic rings. The molecule has 0 unspecified atom stereocenters. The second-order valence-corrected chi connectivity index (χ2v) is 6.32. The van der Waals surface area contributed by atoms with Crippen LogP contribution in [0.1, 0.15) is 49.6 Å². The third-order valence-corrected chi connectivity index (χ3v) is 4.48. The number of ether oxygens (including phenoxy) is 1. The molecule has 0 saturated carbocycles. The summed E-state index contributed by atoms with van der Waals surface area (Å²) in [4.78, 5) is 15.4. The molecule has 2 rings (SSSR count). The van der Waals surface area contributed by atoms with Crippen molar-refractivity contribution in [2.24, 2.45) is 4.99 Å². The van der Waals surface area contributed by atoms with Crippen molar-refractivity contribution in [2.75, 3.05) is 19.5 Å². The van der Waals surface area contributed by atoms with E-state index >= 15 is 0 Å². The van der Waals surface area contributed by atoms with E-state index in [-0.39, 0.29) is 24.0 Å². The zero-order chi connectivity index (χ0) is 20.4. The van der Waals surface area contributed by atoms with Crippen molar-refractivity contribution in [3.63, 3.8) is 0 Å². The molecule has 160 valence electrons. The highest BCUT2D eigenvalue weighted by molar-refractivity contribution is 14.0. The predicted octanol–water partition coefficient (Wildman–Crippen LogP) is 4.24. The lowest BCUT2D eigenvalue weighted by Gasteiger charge is -2.11. The fourth-order valence-electron chi connectivity index (χ4n) is 2.76. The van der Waals surface area contributed by atoms with Gasteiger partial charge in [0.1, 0.15) is 0 Å². The number of amides is 1. The van der Waals surface area contributed by atoms with Gasteiger partial charge in [0.05, 0.1) is 19.3 Å². The number of aromatic nitrogens is 1. The van der Waals surface area contributed by atoms with Crippen LogP contribution in [0.5, 0.6) is 0 Å². The molecule has 3 N–H and O–H groups in total. The Morgan fingerprint density at radius 1 is 1.17 bits per heavy atom. The number of halogens is 1. The lowest BCUT2D eigenvalue weighted by molar-refractivity contribution is 0.187. The molecule has 0 fully saturated rings. The Bertz CT molecular complexity index is 773. The Morgan fingerprint density at radius 3 is 2.41 bits per heavy atom. The highest BCUT2D eigenvalue weighted by atomic mass is 127. The number of nitrogens with zero attached hydrogens (tertiary/aromatic N) is 2. The molecule has 0 aliphatic rings. The average molecular weight is 515 g/mol. The molecule has 0 radical (unpaired) electrons. The Balaban J connectivity index is 0.00000420. The maximum atomic E-state index is 11.2. The largest absolute Gasteiger partial charge is 0.453 e. The quantitative estimate of drug-likeness (QED) is 0.276. The number of methoxy groups -OCH3 is 1. The van der Waals surface area contributed by atoms with Gasteiger partial charge in [-0.05, 0) is 30.5 Å². The molecule has 1 aromatic carbocycles. The maximum Gasteiger partial charge on any atom is 0.411 e. The van der Waals surface area contributed by atoms with Gasteiger partial charge in [-0.15, -0.1) is 24.0 Å². The topological polar surface area (TPSA) is 101 Å². The van der Waals surface area contributed by atoms with Gasteiger partial charge in [-0.25, -0.2) is 4.79 Å². The number of benzene rings is 1. The minimum atomic E-state index is -0.491. The monoisotopic (exact) mass is 515 g/mol. The first-order chi connectivity index (χ1) is 13.6. The van der Waals surface area contributed by atoms with Gasteiger partial charge in [-0.2, -0.15) is 0 Å². The van der Waals surface area contributed by atoms with Crippen molar-refractivity contribution in [3.05, 3.63) is 47.3 Å². The SMILES string of the molecule is CCC(CC)c1cc(CNC(=NC)NCc2ccc(NC(=O)OC)cc2)on1.I. The molecule has 1 aromatic heterocycles. The van der Waals surface area contributed by atoms with Crippen LogP contribution in [0.4, 0.5) is 10.5 Å². The summed E-state index contributed by atoms with van der Waals surface area (Å²) in [6, 6.07) is 9.48. The number of hydrogen-bond acceptors (Lipinski definition) is 5. The van der Waals surface area contributed by atoms with Crippen molar-refractivity contribution in [2.45, 2.75) is 45.7 Å². The number of carbonyl (C=O) groups is 1. The van der Waals surface area contributed by atoms with E-state index in [0.717, 1.165) is 29.9 Å². The Kier molecular flexibility index (Phi) is 11.1. The number of hydrogen-bond donors (Lipinski definition) is 3. The fourth-order valence-corrected chi connectivity index (χ4v) is 2.76. The average Bonchev–Trinajstić information content (AvgIpc) is 3.19. The molecule has 9 heteroatoms. The van der Waals surface area contributed by atoms with E-state index in [0.29, 0.717) is 30.7 Å². The standard InChI is InChI=1S/C20H29N5O3.HI/c1-5-15(6-2)18-11-17(28-25-18)13-23-19(21-3)22-12-14-7-9-16(10-8-14)24-20(26)27-4;/h7-11,15H,5-6,12-13H2,1-4H3,(H,24,26)(H2,21,22,23);1H. The van der Waals surface area contributed by atoms with Gasteiger partial charge in [0.2, 0.25) is 0 Å². The predicted molar refractivity (Wildman–Crippen MR) is 125 cm³/mol. The van der Waals surface area contributed by atoms with Gasteiger partial charge in [0.15, 0.2) is 11.7 Å². The van der Waals surface area contributed by atoms with E-state index in [1.807, 2.05) is 30.3 Å². The number of guanidine groups is 1. The van der Waals surface area contributed by atoms with Gasteiger partial charge < -0.3 is 19.9 Å². The molecular weight excluding hydrogens is 485 g/mol. The molecule has 0 spiro atoms. The minimum absolute atomic E-state index is 0. The van der Waals surface area contributed by atoms with Crippen LogP contribution in [0.2, 0.25) is 0 Å². The zero-order valence-electron chi connectivity index (χ0n) is 17.3. The Hall–Kier alpha value is -2.30. The minimum Gasteiger partial charge on any atom is -0.453 e.